The first-order chi connectivity index (χ1) is 27.7. The zero-order valence-electron chi connectivity index (χ0n) is 36.4. The van der Waals surface area contributed by atoms with E-state index in [-0.39, 0.29) is 42.7 Å². The molecule has 15 heteroatoms. The molecule has 2 aliphatic carbocycles. The minimum absolute atomic E-state index is 0.0372. The number of hydrogen-bond donors (Lipinski definition) is 4. The van der Waals surface area contributed by atoms with Gasteiger partial charge in [-0.1, -0.05) is 98.8 Å². The molecule has 2 saturated carbocycles. The van der Waals surface area contributed by atoms with Crippen molar-refractivity contribution in [3.8, 4) is 5.75 Å². The van der Waals surface area contributed by atoms with Gasteiger partial charge in [-0.15, -0.1) is 6.58 Å². The third-order valence-electron chi connectivity index (χ3n) is 13.6. The number of piperidine rings is 1. The standard InChI is InChI=1S/C44H68N6O8S/c1-10-12-16-31(35(51)39(53)45-24-11-2)46-38(52)34-33-30(43(33,6)7)27-50(34)40(54)37(44(8)22-14-13-15-23-44)48-41(55)47-36(42(3,4)5)32-21-25-49(59(32,56)57)26-28-17-19-29(58-9)20-18-28/h11,17-20,30-34,36-37H,2,10,12-16,21-27H2,1,3-9H3,(H,45,53)(H,46,52)(H2,47,48,55)/t30-,31?,32+,33-,34-,36+,37+/m0/s1. The number of ether oxygens (including phenoxy) is 1. The topological polar surface area (TPSA) is 183 Å². The summed E-state index contributed by atoms with van der Waals surface area (Å²) < 4.78 is 35.0. The first-order valence-electron chi connectivity index (χ1n) is 21.4. The van der Waals surface area contributed by atoms with E-state index >= 15 is 4.79 Å². The molecule has 5 amide bonds. The third kappa shape index (κ3) is 9.98. The van der Waals surface area contributed by atoms with Gasteiger partial charge in [0.1, 0.15) is 17.8 Å². The zero-order chi connectivity index (χ0) is 43.5. The van der Waals surface area contributed by atoms with Crippen LogP contribution in [0.25, 0.3) is 0 Å². The Morgan fingerprint density at radius 2 is 1.66 bits per heavy atom. The molecule has 1 unspecified atom stereocenters. The van der Waals surface area contributed by atoms with Crippen molar-refractivity contribution in [3.63, 3.8) is 0 Å². The molecule has 14 nitrogen and oxygen atoms in total. The highest BCUT2D eigenvalue weighted by molar-refractivity contribution is 7.90. The van der Waals surface area contributed by atoms with Crippen LogP contribution < -0.4 is 26.0 Å². The van der Waals surface area contributed by atoms with E-state index in [1.807, 2.05) is 46.8 Å². The van der Waals surface area contributed by atoms with E-state index in [4.69, 9.17) is 4.74 Å². The maximum absolute atomic E-state index is 15.0. The Hall–Kier alpha value is -3.98. The number of hydrogen-bond acceptors (Lipinski definition) is 8. The minimum Gasteiger partial charge on any atom is -0.497 e. The monoisotopic (exact) mass is 840 g/mol. The normalized spacial score (nSPS) is 25.7. The van der Waals surface area contributed by atoms with Crippen LogP contribution in [-0.2, 0) is 35.7 Å². The Morgan fingerprint density at radius 3 is 2.25 bits per heavy atom. The molecule has 5 rings (SSSR count). The Bertz CT molecular complexity index is 1840. The van der Waals surface area contributed by atoms with Crippen molar-refractivity contribution in [1.82, 2.24) is 30.5 Å². The number of sulfonamides is 1. The van der Waals surface area contributed by atoms with Crippen LogP contribution in [-0.4, -0.2) is 103 Å². The quantitative estimate of drug-likeness (QED) is 0.129. The number of nitrogens with zero attached hydrogens (tertiary/aromatic N) is 2. The van der Waals surface area contributed by atoms with E-state index in [9.17, 15) is 27.6 Å². The molecule has 0 aromatic heterocycles. The van der Waals surface area contributed by atoms with Gasteiger partial charge in [-0.2, -0.15) is 4.31 Å². The van der Waals surface area contributed by atoms with Crippen LogP contribution in [0.2, 0.25) is 0 Å². The Balaban J connectivity index is 1.38. The number of fused-ring (bicyclic) bond motifs is 1. The molecular weight excluding hydrogens is 773 g/mol. The summed E-state index contributed by atoms with van der Waals surface area (Å²) in [6, 6.07) is 2.87. The number of likely N-dealkylation sites (tertiary alicyclic amines) is 1. The van der Waals surface area contributed by atoms with Gasteiger partial charge in [-0.25, -0.2) is 13.2 Å². The largest absolute Gasteiger partial charge is 0.497 e. The van der Waals surface area contributed by atoms with Crippen LogP contribution in [0.1, 0.15) is 112 Å². The molecular formula is C44H68N6O8S. The number of rotatable bonds is 17. The average molecular weight is 841 g/mol. The van der Waals surface area contributed by atoms with E-state index in [1.165, 1.54) is 10.4 Å². The SMILES string of the molecule is C=CCNC(=O)C(=O)C(CCCC)NC(=O)[C@@H]1[C@@H]2[C@H](CN1C(=O)[C@@H](NC(=O)N[C@H]([C@H]1CCN(Cc3ccc(OC)cc3)S1(=O)=O)C(C)(C)C)C1(C)CCCCC1)C2(C)C. The molecule has 0 spiro atoms. The lowest BCUT2D eigenvalue weighted by atomic mass is 9.70. The number of nitrogens with one attached hydrogen (secondary N) is 4. The number of carbonyl (C=O) groups is 5. The lowest BCUT2D eigenvalue weighted by Gasteiger charge is -2.43. The van der Waals surface area contributed by atoms with Gasteiger partial charge in [0.05, 0.1) is 24.4 Å². The van der Waals surface area contributed by atoms with Gasteiger partial charge in [0.25, 0.3) is 5.91 Å². The summed E-state index contributed by atoms with van der Waals surface area (Å²) in [7, 11) is -2.26. The van der Waals surface area contributed by atoms with Crippen molar-refractivity contribution in [3.05, 3.63) is 42.5 Å². The zero-order valence-corrected chi connectivity index (χ0v) is 37.2. The Kier molecular flexibility index (Phi) is 14.3. The van der Waals surface area contributed by atoms with E-state index in [0.29, 0.717) is 44.5 Å². The number of amides is 5. The molecule has 0 radical (unpaired) electrons. The number of Topliss-reactive ketones (excluding diaryl/α,β-unsaturated/α-hetero) is 1. The van der Waals surface area contributed by atoms with E-state index in [0.717, 1.165) is 31.2 Å². The molecule has 59 heavy (non-hydrogen) atoms. The van der Waals surface area contributed by atoms with Gasteiger partial charge >= 0.3 is 6.03 Å². The fourth-order valence-electron chi connectivity index (χ4n) is 9.87. The molecule has 1 aromatic carbocycles. The van der Waals surface area contributed by atoms with Gasteiger partial charge < -0.3 is 30.9 Å². The van der Waals surface area contributed by atoms with Crippen LogP contribution in [0, 0.1) is 28.1 Å². The van der Waals surface area contributed by atoms with Crippen molar-refractivity contribution in [2.24, 2.45) is 28.1 Å². The maximum atomic E-state index is 15.0. The summed E-state index contributed by atoms with van der Waals surface area (Å²) in [5.74, 6) is -1.87. The second-order valence-electron chi connectivity index (χ2n) is 19.1. The summed E-state index contributed by atoms with van der Waals surface area (Å²) in [6.45, 7) is 18.3. The van der Waals surface area contributed by atoms with Crippen molar-refractivity contribution in [1.29, 1.82) is 0 Å². The highest BCUT2D eigenvalue weighted by Gasteiger charge is 2.70. The predicted octanol–water partition coefficient (Wildman–Crippen LogP) is 4.68. The highest BCUT2D eigenvalue weighted by atomic mass is 32.2. The van der Waals surface area contributed by atoms with Crippen molar-refractivity contribution in [2.45, 2.75) is 142 Å². The van der Waals surface area contributed by atoms with Gasteiger partial charge in [-0.05, 0) is 71.5 Å². The minimum atomic E-state index is -3.84. The average Bonchev–Trinajstić information content (AvgIpc) is 3.43. The molecule has 1 aromatic rings. The predicted molar refractivity (Wildman–Crippen MR) is 227 cm³/mol. The third-order valence-corrected chi connectivity index (χ3v) is 15.9. The lowest BCUT2D eigenvalue weighted by Crippen LogP contribution is -2.64. The molecule has 328 valence electrons. The number of unbranched alkanes of at least 4 members (excludes halogenated alkanes) is 1. The number of benzene rings is 1. The van der Waals surface area contributed by atoms with Crippen LogP contribution >= 0.6 is 0 Å². The second kappa shape index (κ2) is 18.3. The second-order valence-corrected chi connectivity index (χ2v) is 21.3. The number of urea groups is 1. The molecule has 2 aliphatic heterocycles. The van der Waals surface area contributed by atoms with E-state index < -0.39 is 73.9 Å². The van der Waals surface area contributed by atoms with E-state index in [1.54, 1.807) is 24.1 Å². The highest BCUT2D eigenvalue weighted by Crippen LogP contribution is 2.65. The fraction of sp³-hybridized carbons (Fsp3) is 0.705. The first-order valence-corrected chi connectivity index (χ1v) is 22.9. The smallest absolute Gasteiger partial charge is 0.315 e. The number of methoxy groups -OCH3 is 1. The van der Waals surface area contributed by atoms with Gasteiger partial charge in [-0.3, -0.25) is 19.2 Å². The van der Waals surface area contributed by atoms with Gasteiger partial charge in [0.15, 0.2) is 0 Å². The summed E-state index contributed by atoms with van der Waals surface area (Å²) in [5.41, 5.74) is -0.711. The van der Waals surface area contributed by atoms with E-state index in [2.05, 4.69) is 41.7 Å². The molecule has 7 atom stereocenters. The van der Waals surface area contributed by atoms with Crippen LogP contribution in [0.5, 0.6) is 5.75 Å². The summed E-state index contributed by atoms with van der Waals surface area (Å²) in [6.07, 6.45) is 7.52. The van der Waals surface area contributed by atoms with Crippen molar-refractivity contribution in [2.75, 3.05) is 26.7 Å². The summed E-state index contributed by atoms with van der Waals surface area (Å²) >= 11 is 0. The van der Waals surface area contributed by atoms with Crippen LogP contribution in [0.15, 0.2) is 36.9 Å². The van der Waals surface area contributed by atoms with Crippen molar-refractivity contribution < 1.29 is 37.1 Å². The van der Waals surface area contributed by atoms with Gasteiger partial charge in [0, 0.05) is 26.2 Å². The molecule has 4 fully saturated rings. The van der Waals surface area contributed by atoms with Crippen molar-refractivity contribution >= 4 is 39.6 Å². The summed E-state index contributed by atoms with van der Waals surface area (Å²) in [5, 5.41) is 10.6. The lowest BCUT2D eigenvalue weighted by molar-refractivity contribution is -0.146. The molecule has 2 saturated heterocycles. The Morgan fingerprint density at radius 1 is 1.00 bits per heavy atom. The molecule has 4 aliphatic rings. The van der Waals surface area contributed by atoms with Gasteiger partial charge in [0.2, 0.25) is 27.6 Å². The fourth-order valence-corrected chi connectivity index (χ4v) is 12.2. The number of ketones is 1. The maximum Gasteiger partial charge on any atom is 0.315 e. The van der Waals surface area contributed by atoms with Crippen LogP contribution in [0.3, 0.4) is 0 Å². The summed E-state index contributed by atoms with van der Waals surface area (Å²) in [4.78, 5) is 71.3. The number of carbonyl (C=O) groups excluding carboxylic acids is 5. The van der Waals surface area contributed by atoms with Crippen LogP contribution in [0.4, 0.5) is 4.79 Å². The molecule has 0 bridgehead atoms. The molecule has 4 N–H and O–H groups in total. The first kappa shape index (κ1) is 46.1. The molecule has 2 heterocycles. The Labute approximate surface area is 351 Å².